The Balaban J connectivity index is 1.17. The van der Waals surface area contributed by atoms with E-state index in [-0.39, 0.29) is 0 Å². The summed E-state index contributed by atoms with van der Waals surface area (Å²) in [4.78, 5) is 2.31. The van der Waals surface area contributed by atoms with Gasteiger partial charge in [-0.2, -0.15) is 0 Å². The fraction of sp³-hybridized carbons (Fsp3) is 0. The second-order valence-corrected chi connectivity index (χ2v) is 12.5. The maximum Gasteiger partial charge on any atom is 0.159 e. The van der Waals surface area contributed by atoms with E-state index >= 15 is 0 Å². The van der Waals surface area contributed by atoms with Crippen LogP contribution in [0.1, 0.15) is 0 Å². The van der Waals surface area contributed by atoms with Crippen LogP contribution in [0.5, 0.6) is 0 Å². The van der Waals surface area contributed by atoms with Gasteiger partial charge in [0.15, 0.2) is 5.58 Å². The Morgan fingerprint density at radius 1 is 0.333 bits per heavy atom. The first-order chi connectivity index (χ1) is 23.8. The molecule has 0 bridgehead atoms. The van der Waals surface area contributed by atoms with E-state index in [9.17, 15) is 0 Å². The predicted octanol–water partition coefficient (Wildman–Crippen LogP) is 13.3. The summed E-state index contributed by atoms with van der Waals surface area (Å²) >= 11 is 0. The Bertz CT molecular complexity index is 2820. The standard InChI is InChI=1S/C46H29NO/c1-2-13-35(14-3-1)47(42-19-9-18-40-41-29-26-31-11-5-7-16-39(31)45(41)48-46(40)42)36-27-24-32(25-28-36)38-17-8-12-33-22-23-34-21-20-30-10-4-6-15-37(30)44(34)43(33)38/h1-29H. The molecule has 48 heavy (non-hydrogen) atoms. The lowest BCUT2D eigenvalue weighted by Crippen LogP contribution is -2.10. The van der Waals surface area contributed by atoms with Crippen molar-refractivity contribution in [3.05, 3.63) is 176 Å². The number of nitrogens with zero attached hydrogens (tertiary/aromatic N) is 1. The molecule has 0 radical (unpaired) electrons. The lowest BCUT2D eigenvalue weighted by atomic mass is 9.91. The number of furan rings is 1. The molecule has 224 valence electrons. The first kappa shape index (κ1) is 26.8. The minimum absolute atomic E-state index is 0.879. The molecule has 10 aromatic rings. The summed E-state index contributed by atoms with van der Waals surface area (Å²) in [6.07, 6.45) is 0. The van der Waals surface area contributed by atoms with E-state index in [0.717, 1.165) is 44.4 Å². The van der Waals surface area contributed by atoms with Crippen molar-refractivity contribution in [2.45, 2.75) is 0 Å². The van der Waals surface area contributed by atoms with Crippen molar-refractivity contribution in [1.29, 1.82) is 0 Å². The average Bonchev–Trinajstić information content (AvgIpc) is 3.55. The van der Waals surface area contributed by atoms with Gasteiger partial charge in [-0.25, -0.2) is 0 Å². The summed E-state index contributed by atoms with van der Waals surface area (Å²) in [5, 5.41) is 12.2. The zero-order valence-electron chi connectivity index (χ0n) is 26.1. The minimum atomic E-state index is 0.879. The van der Waals surface area contributed by atoms with Crippen LogP contribution in [0, 0.1) is 0 Å². The van der Waals surface area contributed by atoms with Crippen molar-refractivity contribution >= 4 is 82.1 Å². The fourth-order valence-corrected chi connectivity index (χ4v) is 7.60. The molecule has 0 amide bonds. The Morgan fingerprint density at radius 3 is 1.71 bits per heavy atom. The van der Waals surface area contributed by atoms with Gasteiger partial charge < -0.3 is 9.32 Å². The molecule has 2 heteroatoms. The Hall–Kier alpha value is -6.38. The molecule has 9 aromatic carbocycles. The van der Waals surface area contributed by atoms with Crippen LogP contribution in [0.25, 0.3) is 76.2 Å². The van der Waals surface area contributed by atoms with Crippen molar-refractivity contribution in [2.75, 3.05) is 4.90 Å². The molecule has 0 saturated carbocycles. The number of rotatable bonds is 4. The van der Waals surface area contributed by atoms with E-state index in [4.69, 9.17) is 4.42 Å². The van der Waals surface area contributed by atoms with Gasteiger partial charge in [-0.3, -0.25) is 0 Å². The topological polar surface area (TPSA) is 16.4 Å². The number of anilines is 3. The molecule has 0 aliphatic rings. The number of hydrogen-bond donors (Lipinski definition) is 0. The monoisotopic (exact) mass is 611 g/mol. The largest absolute Gasteiger partial charge is 0.453 e. The summed E-state index contributed by atoms with van der Waals surface area (Å²) in [5.41, 5.74) is 7.38. The first-order valence-electron chi connectivity index (χ1n) is 16.4. The lowest BCUT2D eigenvalue weighted by molar-refractivity contribution is 0.673. The molecule has 0 saturated heterocycles. The normalized spacial score (nSPS) is 11.8. The third kappa shape index (κ3) is 4.06. The third-order valence-electron chi connectivity index (χ3n) is 9.81. The van der Waals surface area contributed by atoms with Crippen LogP contribution < -0.4 is 4.90 Å². The Kier molecular flexibility index (Phi) is 5.91. The highest BCUT2D eigenvalue weighted by Crippen LogP contribution is 2.44. The van der Waals surface area contributed by atoms with Gasteiger partial charge in [-0.1, -0.05) is 140 Å². The van der Waals surface area contributed by atoms with Crippen LogP contribution in [-0.4, -0.2) is 0 Å². The zero-order valence-corrected chi connectivity index (χ0v) is 26.1. The Labute approximate surface area is 277 Å². The summed E-state index contributed by atoms with van der Waals surface area (Å²) in [7, 11) is 0. The molecule has 0 N–H and O–H groups in total. The van der Waals surface area contributed by atoms with Gasteiger partial charge >= 0.3 is 0 Å². The molecular weight excluding hydrogens is 583 g/mol. The smallest absolute Gasteiger partial charge is 0.159 e. The molecule has 2 nitrogen and oxygen atoms in total. The van der Waals surface area contributed by atoms with E-state index < -0.39 is 0 Å². The highest BCUT2D eigenvalue weighted by Gasteiger charge is 2.20. The number of para-hydroxylation sites is 2. The molecular formula is C46H29NO. The van der Waals surface area contributed by atoms with E-state index in [1.165, 1.54) is 48.8 Å². The van der Waals surface area contributed by atoms with Gasteiger partial charge in [0, 0.05) is 27.5 Å². The molecule has 10 rings (SSSR count). The Morgan fingerprint density at radius 2 is 0.896 bits per heavy atom. The van der Waals surface area contributed by atoms with Crippen molar-refractivity contribution in [2.24, 2.45) is 0 Å². The summed E-state index contributed by atoms with van der Waals surface area (Å²) in [5.74, 6) is 0. The van der Waals surface area contributed by atoms with Gasteiger partial charge in [-0.15, -0.1) is 0 Å². The second kappa shape index (κ2) is 10.6. The quantitative estimate of drug-likeness (QED) is 0.184. The van der Waals surface area contributed by atoms with Gasteiger partial charge in [0.2, 0.25) is 0 Å². The van der Waals surface area contributed by atoms with Gasteiger partial charge in [-0.05, 0) is 85.2 Å². The molecule has 0 unspecified atom stereocenters. The lowest BCUT2D eigenvalue weighted by Gasteiger charge is -2.25. The maximum atomic E-state index is 6.80. The van der Waals surface area contributed by atoms with Gasteiger partial charge in [0.05, 0.1) is 5.69 Å². The predicted molar refractivity (Wildman–Crippen MR) is 204 cm³/mol. The number of hydrogen-bond acceptors (Lipinski definition) is 2. The van der Waals surface area contributed by atoms with Crippen LogP contribution in [0.3, 0.4) is 0 Å². The van der Waals surface area contributed by atoms with Crippen LogP contribution in [0.4, 0.5) is 17.1 Å². The number of benzene rings is 9. The van der Waals surface area contributed by atoms with Crippen LogP contribution in [-0.2, 0) is 0 Å². The summed E-state index contributed by atoms with van der Waals surface area (Å²) < 4.78 is 6.80. The van der Waals surface area contributed by atoms with E-state index in [0.29, 0.717) is 0 Å². The average molecular weight is 612 g/mol. The highest BCUT2D eigenvalue weighted by molar-refractivity contribution is 6.24. The SMILES string of the molecule is c1ccc(N(c2ccc(-c3cccc4ccc5ccc6ccccc6c5c34)cc2)c2cccc3c2oc2c4ccccc4ccc32)cc1. The molecule has 0 fully saturated rings. The molecule has 1 heterocycles. The first-order valence-corrected chi connectivity index (χ1v) is 16.4. The molecule has 1 aromatic heterocycles. The van der Waals surface area contributed by atoms with Crippen LogP contribution in [0.2, 0.25) is 0 Å². The van der Waals surface area contributed by atoms with Crippen molar-refractivity contribution in [3.63, 3.8) is 0 Å². The van der Waals surface area contributed by atoms with E-state index in [1.54, 1.807) is 0 Å². The van der Waals surface area contributed by atoms with Crippen molar-refractivity contribution in [3.8, 4) is 11.1 Å². The molecule has 0 spiro atoms. The van der Waals surface area contributed by atoms with Crippen molar-refractivity contribution < 1.29 is 4.42 Å². The van der Waals surface area contributed by atoms with Gasteiger partial charge in [0.25, 0.3) is 0 Å². The van der Waals surface area contributed by atoms with E-state index in [2.05, 4.69) is 181 Å². The van der Waals surface area contributed by atoms with Crippen LogP contribution >= 0.6 is 0 Å². The van der Waals surface area contributed by atoms with Crippen molar-refractivity contribution in [1.82, 2.24) is 0 Å². The summed E-state index contributed by atoms with van der Waals surface area (Å²) in [6.45, 7) is 0. The number of fused-ring (bicyclic) bond motifs is 10. The molecule has 0 aliphatic carbocycles. The van der Waals surface area contributed by atoms with E-state index in [1.807, 2.05) is 0 Å². The fourth-order valence-electron chi connectivity index (χ4n) is 7.60. The zero-order chi connectivity index (χ0) is 31.6. The second-order valence-electron chi connectivity index (χ2n) is 12.5. The maximum absolute atomic E-state index is 6.80. The van der Waals surface area contributed by atoms with Crippen LogP contribution in [0.15, 0.2) is 180 Å². The summed E-state index contributed by atoms with van der Waals surface area (Å²) in [6, 6.07) is 63.2. The highest BCUT2D eigenvalue weighted by atomic mass is 16.3. The minimum Gasteiger partial charge on any atom is -0.453 e. The molecule has 0 aliphatic heterocycles. The molecule has 0 atom stereocenters. The van der Waals surface area contributed by atoms with Gasteiger partial charge in [0.1, 0.15) is 5.58 Å². The third-order valence-corrected chi connectivity index (χ3v) is 9.81.